The van der Waals surface area contributed by atoms with Gasteiger partial charge in [0.2, 0.25) is 0 Å². The second kappa shape index (κ2) is 5.78. The van der Waals surface area contributed by atoms with Crippen LogP contribution < -0.4 is 5.73 Å². The number of nitrogens with zero attached hydrogens (tertiary/aromatic N) is 3. The smallest absolute Gasteiger partial charge is 0.0994 e. The van der Waals surface area contributed by atoms with Crippen molar-refractivity contribution in [3.63, 3.8) is 0 Å². The van der Waals surface area contributed by atoms with Gasteiger partial charge in [-0.25, -0.2) is 4.68 Å². The summed E-state index contributed by atoms with van der Waals surface area (Å²) >= 11 is 0. The van der Waals surface area contributed by atoms with Gasteiger partial charge in [-0.05, 0) is 18.9 Å². The number of nitrogens with two attached hydrogens (primary N) is 1. The zero-order valence-electron chi connectivity index (χ0n) is 11.0. The molecule has 18 heavy (non-hydrogen) atoms. The highest BCUT2D eigenvalue weighted by Crippen LogP contribution is 2.13. The molecule has 1 aromatic carbocycles. The molecule has 0 bridgehead atoms. The highest BCUT2D eigenvalue weighted by Gasteiger charge is 2.09. The Morgan fingerprint density at radius 2 is 2.22 bits per heavy atom. The number of hydrogen-bond acceptors (Lipinski definition) is 3. The standard InChI is InChI=1S/C14H20N4/c1-3-5-13(15)14-10-18(17-16-14)9-12-7-4-6-11(2)8-12/h4,6-8,10,13H,3,5,9,15H2,1-2H3. The van der Waals surface area contributed by atoms with E-state index in [9.17, 15) is 0 Å². The SMILES string of the molecule is CCCC(N)c1cn(Cc2cccc(C)c2)nn1. The van der Waals surface area contributed by atoms with Crippen LogP contribution in [0.25, 0.3) is 0 Å². The van der Waals surface area contributed by atoms with Gasteiger partial charge in [0.05, 0.1) is 24.5 Å². The van der Waals surface area contributed by atoms with E-state index in [4.69, 9.17) is 5.73 Å². The molecule has 2 aromatic rings. The second-order valence-corrected chi connectivity index (χ2v) is 4.73. The fraction of sp³-hybridized carbons (Fsp3) is 0.429. The minimum absolute atomic E-state index is 0.00117. The number of aromatic nitrogens is 3. The Hall–Kier alpha value is -1.68. The van der Waals surface area contributed by atoms with Crippen LogP contribution in [-0.2, 0) is 6.54 Å². The van der Waals surface area contributed by atoms with Gasteiger partial charge in [-0.3, -0.25) is 0 Å². The van der Waals surface area contributed by atoms with Crippen molar-refractivity contribution in [2.24, 2.45) is 5.73 Å². The average molecular weight is 244 g/mol. The maximum absolute atomic E-state index is 6.02. The van der Waals surface area contributed by atoms with Crippen molar-refractivity contribution in [3.05, 3.63) is 47.3 Å². The molecule has 0 saturated heterocycles. The Morgan fingerprint density at radius 1 is 1.39 bits per heavy atom. The van der Waals surface area contributed by atoms with Crippen molar-refractivity contribution >= 4 is 0 Å². The third-order valence-electron chi connectivity index (χ3n) is 2.96. The third kappa shape index (κ3) is 3.17. The van der Waals surface area contributed by atoms with E-state index < -0.39 is 0 Å². The number of aryl methyl sites for hydroxylation is 1. The fourth-order valence-corrected chi connectivity index (χ4v) is 2.02. The van der Waals surface area contributed by atoms with Crippen LogP contribution in [0.4, 0.5) is 0 Å². The first-order valence-corrected chi connectivity index (χ1v) is 6.40. The van der Waals surface area contributed by atoms with Crippen molar-refractivity contribution < 1.29 is 0 Å². The summed E-state index contributed by atoms with van der Waals surface area (Å²) in [4.78, 5) is 0. The zero-order chi connectivity index (χ0) is 13.0. The molecule has 2 N–H and O–H groups in total. The Bertz CT molecular complexity index is 504. The van der Waals surface area contributed by atoms with Gasteiger partial charge in [-0.15, -0.1) is 5.10 Å². The van der Waals surface area contributed by atoms with Crippen LogP contribution in [0.5, 0.6) is 0 Å². The van der Waals surface area contributed by atoms with Crippen LogP contribution in [-0.4, -0.2) is 15.0 Å². The zero-order valence-corrected chi connectivity index (χ0v) is 11.0. The molecular formula is C14H20N4. The molecule has 2 rings (SSSR count). The summed E-state index contributed by atoms with van der Waals surface area (Å²) < 4.78 is 1.85. The van der Waals surface area contributed by atoms with E-state index in [1.165, 1.54) is 11.1 Å². The van der Waals surface area contributed by atoms with Crippen molar-refractivity contribution in [3.8, 4) is 0 Å². The molecule has 4 heteroatoms. The maximum Gasteiger partial charge on any atom is 0.0994 e. The van der Waals surface area contributed by atoms with Crippen LogP contribution in [0.2, 0.25) is 0 Å². The van der Waals surface area contributed by atoms with Gasteiger partial charge in [-0.2, -0.15) is 0 Å². The van der Waals surface area contributed by atoms with Gasteiger partial charge in [0.15, 0.2) is 0 Å². The molecule has 96 valence electrons. The molecule has 1 aromatic heterocycles. The Kier molecular flexibility index (Phi) is 4.10. The van der Waals surface area contributed by atoms with Crippen molar-refractivity contribution in [2.45, 2.75) is 39.3 Å². The molecule has 0 aliphatic heterocycles. The lowest BCUT2D eigenvalue weighted by atomic mass is 10.1. The molecule has 0 amide bonds. The Balaban J connectivity index is 2.06. The maximum atomic E-state index is 6.02. The predicted molar refractivity (Wildman–Crippen MR) is 72.1 cm³/mol. The van der Waals surface area contributed by atoms with E-state index in [0.29, 0.717) is 0 Å². The summed E-state index contributed by atoms with van der Waals surface area (Å²) in [5.74, 6) is 0. The van der Waals surface area contributed by atoms with Gasteiger partial charge in [0, 0.05) is 0 Å². The van der Waals surface area contributed by atoms with Crippen LogP contribution in [0.1, 0.15) is 42.6 Å². The normalized spacial score (nSPS) is 12.6. The molecule has 1 heterocycles. The van der Waals surface area contributed by atoms with E-state index in [1.807, 2.05) is 10.9 Å². The van der Waals surface area contributed by atoms with Crippen molar-refractivity contribution in [1.82, 2.24) is 15.0 Å². The predicted octanol–water partition coefficient (Wildman–Crippen LogP) is 2.43. The van der Waals surface area contributed by atoms with Gasteiger partial charge in [0.25, 0.3) is 0 Å². The van der Waals surface area contributed by atoms with Gasteiger partial charge in [0.1, 0.15) is 0 Å². The molecule has 1 atom stereocenters. The minimum atomic E-state index is 0.00117. The van der Waals surface area contributed by atoms with Crippen LogP contribution in [0, 0.1) is 6.92 Å². The highest BCUT2D eigenvalue weighted by atomic mass is 15.4. The van der Waals surface area contributed by atoms with Crippen molar-refractivity contribution in [2.75, 3.05) is 0 Å². The van der Waals surface area contributed by atoms with Crippen LogP contribution >= 0.6 is 0 Å². The Labute approximate surface area is 108 Å². The molecule has 0 saturated carbocycles. The van der Waals surface area contributed by atoms with Gasteiger partial charge in [-0.1, -0.05) is 48.4 Å². The summed E-state index contributed by atoms with van der Waals surface area (Å²) in [6, 6.07) is 8.41. The molecule has 0 radical (unpaired) electrons. The lowest BCUT2D eigenvalue weighted by Crippen LogP contribution is -2.10. The quantitative estimate of drug-likeness (QED) is 0.878. The lowest BCUT2D eigenvalue weighted by molar-refractivity contribution is 0.617. The first-order chi connectivity index (χ1) is 8.69. The molecule has 1 unspecified atom stereocenters. The number of hydrogen-bond donors (Lipinski definition) is 1. The van der Waals surface area contributed by atoms with Crippen LogP contribution in [0.3, 0.4) is 0 Å². The summed E-state index contributed by atoms with van der Waals surface area (Å²) in [6.45, 7) is 4.96. The van der Waals surface area contributed by atoms with E-state index in [2.05, 4.69) is 48.4 Å². The third-order valence-corrected chi connectivity index (χ3v) is 2.96. The summed E-state index contributed by atoms with van der Waals surface area (Å²) in [7, 11) is 0. The molecule has 0 fully saturated rings. The summed E-state index contributed by atoms with van der Waals surface area (Å²) in [6.07, 6.45) is 3.96. The van der Waals surface area contributed by atoms with E-state index in [0.717, 1.165) is 25.1 Å². The lowest BCUT2D eigenvalue weighted by Gasteiger charge is -2.04. The van der Waals surface area contributed by atoms with E-state index in [1.54, 1.807) is 0 Å². The van der Waals surface area contributed by atoms with E-state index >= 15 is 0 Å². The van der Waals surface area contributed by atoms with Gasteiger partial charge < -0.3 is 5.73 Å². The first-order valence-electron chi connectivity index (χ1n) is 6.40. The van der Waals surface area contributed by atoms with E-state index in [-0.39, 0.29) is 6.04 Å². The molecule has 0 spiro atoms. The minimum Gasteiger partial charge on any atom is -0.323 e. The monoisotopic (exact) mass is 244 g/mol. The fourth-order valence-electron chi connectivity index (χ4n) is 2.02. The molecule has 0 aliphatic rings. The number of benzene rings is 1. The second-order valence-electron chi connectivity index (χ2n) is 4.73. The molecular weight excluding hydrogens is 224 g/mol. The van der Waals surface area contributed by atoms with Crippen LogP contribution in [0.15, 0.2) is 30.5 Å². The van der Waals surface area contributed by atoms with Crippen molar-refractivity contribution in [1.29, 1.82) is 0 Å². The summed E-state index contributed by atoms with van der Waals surface area (Å²) in [5, 5.41) is 8.27. The first kappa shape index (κ1) is 12.8. The summed E-state index contributed by atoms with van der Waals surface area (Å²) in [5.41, 5.74) is 9.39. The molecule has 4 nitrogen and oxygen atoms in total. The highest BCUT2D eigenvalue weighted by molar-refractivity contribution is 5.22. The average Bonchev–Trinajstić information content (AvgIpc) is 2.78. The Morgan fingerprint density at radius 3 is 2.94 bits per heavy atom. The number of rotatable bonds is 5. The van der Waals surface area contributed by atoms with Gasteiger partial charge >= 0.3 is 0 Å². The topological polar surface area (TPSA) is 56.7 Å². The molecule has 0 aliphatic carbocycles. The largest absolute Gasteiger partial charge is 0.323 e.